The molecule has 0 bridgehead atoms. The van der Waals surface area contributed by atoms with E-state index in [2.05, 4.69) is 19.1 Å². The summed E-state index contributed by atoms with van der Waals surface area (Å²) in [6.45, 7) is 2.17. The molecule has 0 aliphatic heterocycles. The van der Waals surface area contributed by atoms with Crippen LogP contribution in [-0.2, 0) is 4.79 Å². The van der Waals surface area contributed by atoms with Gasteiger partial charge in [-0.2, -0.15) is 0 Å². The number of carboxylic acids is 1. The van der Waals surface area contributed by atoms with Gasteiger partial charge in [0.25, 0.3) is 0 Å². The number of hydrogen-bond acceptors (Lipinski definition) is 1. The van der Waals surface area contributed by atoms with Crippen molar-refractivity contribution in [3.8, 4) is 0 Å². The second-order valence-electron chi connectivity index (χ2n) is 4.64. The number of aliphatic carboxylic acids is 1. The Balaban J connectivity index is 2.98. The van der Waals surface area contributed by atoms with Crippen molar-refractivity contribution in [3.05, 3.63) is 12.2 Å². The lowest BCUT2D eigenvalue weighted by atomic mass is 10.1. The molecular formula is C15H28O2. The van der Waals surface area contributed by atoms with Crippen LogP contribution in [0.3, 0.4) is 0 Å². The number of carbonyl (C=O) groups is 1. The van der Waals surface area contributed by atoms with Crippen LogP contribution < -0.4 is 0 Å². The molecule has 0 aromatic carbocycles. The molecular weight excluding hydrogens is 212 g/mol. The van der Waals surface area contributed by atoms with Gasteiger partial charge in [0.2, 0.25) is 0 Å². The maximum atomic E-state index is 10.3. The predicted molar refractivity (Wildman–Crippen MR) is 73.2 cm³/mol. The van der Waals surface area contributed by atoms with Crippen molar-refractivity contribution in [2.45, 2.75) is 77.6 Å². The monoisotopic (exact) mass is 240 g/mol. The number of rotatable bonds is 12. The second-order valence-corrected chi connectivity index (χ2v) is 4.64. The fraction of sp³-hybridized carbons (Fsp3) is 0.800. The molecule has 0 aromatic heterocycles. The second kappa shape index (κ2) is 13.3. The van der Waals surface area contributed by atoms with Gasteiger partial charge in [-0.05, 0) is 25.7 Å². The SMILES string of the molecule is CCC=CCCCCCCCCCCC(=O)O. The first kappa shape index (κ1) is 16.2. The highest BCUT2D eigenvalue weighted by atomic mass is 16.4. The van der Waals surface area contributed by atoms with Crippen molar-refractivity contribution < 1.29 is 9.90 Å². The first-order valence-electron chi connectivity index (χ1n) is 7.14. The Hall–Kier alpha value is -0.790. The molecule has 0 rings (SSSR count). The van der Waals surface area contributed by atoms with Crippen molar-refractivity contribution in [1.82, 2.24) is 0 Å². The molecule has 0 fully saturated rings. The van der Waals surface area contributed by atoms with Crippen LogP contribution in [0.15, 0.2) is 12.2 Å². The fourth-order valence-corrected chi connectivity index (χ4v) is 1.88. The van der Waals surface area contributed by atoms with Crippen LogP contribution in [-0.4, -0.2) is 11.1 Å². The van der Waals surface area contributed by atoms with Crippen LogP contribution in [0.25, 0.3) is 0 Å². The van der Waals surface area contributed by atoms with Crippen molar-refractivity contribution in [3.63, 3.8) is 0 Å². The van der Waals surface area contributed by atoms with E-state index < -0.39 is 5.97 Å². The Morgan fingerprint density at radius 2 is 1.41 bits per heavy atom. The third-order valence-electron chi connectivity index (χ3n) is 2.91. The quantitative estimate of drug-likeness (QED) is 0.387. The number of allylic oxidation sites excluding steroid dienone is 2. The highest BCUT2D eigenvalue weighted by Crippen LogP contribution is 2.10. The summed E-state index contributed by atoms with van der Waals surface area (Å²) in [4.78, 5) is 10.3. The van der Waals surface area contributed by atoms with Crippen molar-refractivity contribution in [1.29, 1.82) is 0 Å². The predicted octanol–water partition coefficient (Wildman–Crippen LogP) is 4.94. The molecule has 0 unspecified atom stereocenters. The molecule has 100 valence electrons. The van der Waals surface area contributed by atoms with Gasteiger partial charge in [0, 0.05) is 6.42 Å². The zero-order valence-corrected chi connectivity index (χ0v) is 11.3. The molecule has 0 atom stereocenters. The first-order chi connectivity index (χ1) is 8.27. The van der Waals surface area contributed by atoms with Gasteiger partial charge in [0.1, 0.15) is 0 Å². The Bertz CT molecular complexity index is 197. The van der Waals surface area contributed by atoms with Crippen molar-refractivity contribution >= 4 is 5.97 Å². The van der Waals surface area contributed by atoms with Gasteiger partial charge in [0.05, 0.1) is 0 Å². The summed E-state index contributed by atoms with van der Waals surface area (Å²) in [7, 11) is 0. The van der Waals surface area contributed by atoms with E-state index in [0.29, 0.717) is 6.42 Å². The summed E-state index contributed by atoms with van der Waals surface area (Å²) in [6, 6.07) is 0. The van der Waals surface area contributed by atoms with E-state index in [1.807, 2.05) is 0 Å². The molecule has 0 aliphatic carbocycles. The van der Waals surface area contributed by atoms with E-state index in [1.165, 1.54) is 44.9 Å². The molecule has 0 spiro atoms. The maximum Gasteiger partial charge on any atom is 0.303 e. The van der Waals surface area contributed by atoms with Crippen LogP contribution in [0, 0.1) is 0 Å². The van der Waals surface area contributed by atoms with E-state index in [-0.39, 0.29) is 0 Å². The molecule has 17 heavy (non-hydrogen) atoms. The van der Waals surface area contributed by atoms with Crippen LogP contribution in [0.5, 0.6) is 0 Å². The Labute approximate surface area is 106 Å². The Kier molecular flexibility index (Phi) is 12.7. The topological polar surface area (TPSA) is 37.3 Å². The zero-order chi connectivity index (χ0) is 12.8. The van der Waals surface area contributed by atoms with E-state index in [4.69, 9.17) is 5.11 Å². The third-order valence-corrected chi connectivity index (χ3v) is 2.91. The van der Waals surface area contributed by atoms with Gasteiger partial charge in [0.15, 0.2) is 0 Å². The van der Waals surface area contributed by atoms with Crippen LogP contribution in [0.4, 0.5) is 0 Å². The minimum atomic E-state index is -0.662. The molecule has 0 aromatic rings. The van der Waals surface area contributed by atoms with Gasteiger partial charge in [-0.1, -0.05) is 57.6 Å². The lowest BCUT2D eigenvalue weighted by Gasteiger charge is -2.00. The summed E-state index contributed by atoms with van der Waals surface area (Å²) in [5.41, 5.74) is 0. The van der Waals surface area contributed by atoms with Crippen molar-refractivity contribution in [2.24, 2.45) is 0 Å². The van der Waals surface area contributed by atoms with Gasteiger partial charge in [-0.25, -0.2) is 0 Å². The van der Waals surface area contributed by atoms with Crippen LogP contribution in [0.2, 0.25) is 0 Å². The average molecular weight is 240 g/mol. The molecule has 2 nitrogen and oxygen atoms in total. The molecule has 0 aliphatic rings. The van der Waals surface area contributed by atoms with E-state index in [0.717, 1.165) is 19.3 Å². The van der Waals surface area contributed by atoms with Gasteiger partial charge < -0.3 is 5.11 Å². The summed E-state index contributed by atoms with van der Waals surface area (Å²) < 4.78 is 0. The summed E-state index contributed by atoms with van der Waals surface area (Å²) in [5, 5.41) is 8.47. The molecule has 0 heterocycles. The highest BCUT2D eigenvalue weighted by molar-refractivity contribution is 5.66. The van der Waals surface area contributed by atoms with Crippen LogP contribution >= 0.6 is 0 Å². The third kappa shape index (κ3) is 15.2. The summed E-state index contributed by atoms with van der Waals surface area (Å²) in [6.07, 6.45) is 16.9. The minimum absolute atomic E-state index is 0.337. The zero-order valence-electron chi connectivity index (χ0n) is 11.3. The number of hydrogen-bond donors (Lipinski definition) is 1. The fourth-order valence-electron chi connectivity index (χ4n) is 1.88. The largest absolute Gasteiger partial charge is 0.481 e. The molecule has 1 N–H and O–H groups in total. The van der Waals surface area contributed by atoms with Crippen LogP contribution in [0.1, 0.15) is 77.6 Å². The Morgan fingerprint density at radius 3 is 1.94 bits per heavy atom. The van der Waals surface area contributed by atoms with Gasteiger partial charge >= 0.3 is 5.97 Å². The van der Waals surface area contributed by atoms with Gasteiger partial charge in [-0.15, -0.1) is 0 Å². The lowest BCUT2D eigenvalue weighted by molar-refractivity contribution is -0.137. The number of unbranched alkanes of at least 4 members (excludes halogenated alkanes) is 8. The molecule has 0 saturated carbocycles. The highest BCUT2D eigenvalue weighted by Gasteiger charge is 1.96. The average Bonchev–Trinajstić information content (AvgIpc) is 2.30. The minimum Gasteiger partial charge on any atom is -0.481 e. The molecule has 0 radical (unpaired) electrons. The van der Waals surface area contributed by atoms with E-state index >= 15 is 0 Å². The summed E-state index contributed by atoms with van der Waals surface area (Å²) in [5.74, 6) is -0.662. The van der Waals surface area contributed by atoms with E-state index in [9.17, 15) is 4.79 Å². The van der Waals surface area contributed by atoms with Crippen molar-refractivity contribution in [2.75, 3.05) is 0 Å². The molecule has 2 heteroatoms. The standard InChI is InChI=1S/C15H28O2/c1-2-3-4-5-6-7-8-9-10-11-12-13-14-15(16)17/h3-4H,2,5-14H2,1H3,(H,16,17). The maximum absolute atomic E-state index is 10.3. The van der Waals surface area contributed by atoms with Gasteiger partial charge in [-0.3, -0.25) is 4.79 Å². The number of carboxylic acid groups (broad SMARTS) is 1. The molecule has 0 amide bonds. The smallest absolute Gasteiger partial charge is 0.303 e. The Morgan fingerprint density at radius 1 is 0.882 bits per heavy atom. The first-order valence-corrected chi connectivity index (χ1v) is 7.14. The molecule has 0 saturated heterocycles. The normalized spacial score (nSPS) is 11.1. The lowest BCUT2D eigenvalue weighted by Crippen LogP contribution is -1.93. The van der Waals surface area contributed by atoms with E-state index in [1.54, 1.807) is 0 Å². The summed E-state index contributed by atoms with van der Waals surface area (Å²) >= 11 is 0.